The van der Waals surface area contributed by atoms with Gasteiger partial charge in [0, 0.05) is 0 Å². The molecule has 3 atom stereocenters. The maximum absolute atomic E-state index is 13.0. The van der Waals surface area contributed by atoms with Gasteiger partial charge in [-0.2, -0.15) is 5.06 Å². The van der Waals surface area contributed by atoms with Gasteiger partial charge in [0.25, 0.3) is 6.36 Å². The van der Waals surface area contributed by atoms with Crippen LogP contribution in [0.5, 0.6) is 0 Å². The molecule has 0 aliphatic carbocycles. The van der Waals surface area contributed by atoms with Crippen LogP contribution in [-0.4, -0.2) is 52.9 Å². The van der Waals surface area contributed by atoms with Crippen LogP contribution in [-0.2, 0) is 14.4 Å². The number of hydroxylamine groups is 2. The van der Waals surface area contributed by atoms with Crippen LogP contribution in [0, 0.1) is 0 Å². The van der Waals surface area contributed by atoms with Crippen molar-refractivity contribution in [2.24, 2.45) is 5.73 Å². The van der Waals surface area contributed by atoms with Gasteiger partial charge in [-0.15, -0.1) is 0 Å². The molecule has 8 nitrogen and oxygen atoms in total. The molecular weight excluding hydrogens is 268 g/mol. The molecule has 0 spiro atoms. The van der Waals surface area contributed by atoms with Gasteiger partial charge in [0.05, 0.1) is 6.54 Å². The summed E-state index contributed by atoms with van der Waals surface area (Å²) in [6, 6.07) is -2.41. The molecule has 2 aliphatic heterocycles. The summed E-state index contributed by atoms with van der Waals surface area (Å²) < 4.78 is 13.0. The Hall–Kier alpha value is -1.56. The second kappa shape index (κ2) is 5.83. The molecule has 1 fully saturated rings. The number of primary amides is 1. The van der Waals surface area contributed by atoms with Crippen molar-refractivity contribution in [2.75, 3.05) is 6.54 Å². The van der Waals surface area contributed by atoms with Crippen LogP contribution < -0.4 is 29.7 Å². The molecule has 0 unspecified atom stereocenters. The Morgan fingerprint density at radius 3 is 2.70 bits per heavy atom. The largest absolute Gasteiger partial charge is 1.00 e. The summed E-state index contributed by atoms with van der Waals surface area (Å²) in [5, 5.41) is 10.9. The van der Waals surface area contributed by atoms with Gasteiger partial charge in [-0.1, -0.05) is 6.08 Å². The van der Waals surface area contributed by atoms with E-state index in [1.807, 2.05) is 0 Å². The van der Waals surface area contributed by atoms with E-state index in [1.54, 1.807) is 6.92 Å². The van der Waals surface area contributed by atoms with Gasteiger partial charge in [0.1, 0.15) is 18.1 Å². The molecular formula is C10H11FLiN3O5. The molecule has 1 saturated heterocycles. The summed E-state index contributed by atoms with van der Waals surface area (Å²) in [6.45, 7) is 1.69. The predicted molar refractivity (Wildman–Crippen MR) is 55.5 cm³/mol. The van der Waals surface area contributed by atoms with E-state index in [4.69, 9.17) is 5.73 Å². The minimum absolute atomic E-state index is 0. The topological polar surface area (TPSA) is 116 Å². The van der Waals surface area contributed by atoms with Crippen LogP contribution >= 0.6 is 0 Å². The van der Waals surface area contributed by atoms with E-state index >= 15 is 0 Å². The van der Waals surface area contributed by atoms with Crippen molar-refractivity contribution in [1.29, 1.82) is 0 Å². The zero-order chi connectivity index (χ0) is 14.3. The summed E-state index contributed by atoms with van der Waals surface area (Å²) in [7, 11) is 0. The molecule has 0 aromatic carbocycles. The van der Waals surface area contributed by atoms with Gasteiger partial charge >= 0.3 is 24.9 Å². The number of nitrogens with zero attached hydrogens (tertiary/aromatic N) is 2. The summed E-state index contributed by atoms with van der Waals surface area (Å²) in [5.74, 6) is -2.82. The molecule has 2 bridgehead atoms. The summed E-state index contributed by atoms with van der Waals surface area (Å²) in [4.78, 5) is 38.9. The third-order valence-corrected chi connectivity index (χ3v) is 3.05. The Morgan fingerprint density at radius 2 is 2.20 bits per heavy atom. The zero-order valence-corrected chi connectivity index (χ0v) is 10.9. The first kappa shape index (κ1) is 16.5. The molecule has 20 heavy (non-hydrogen) atoms. The fourth-order valence-corrected chi connectivity index (χ4v) is 2.11. The van der Waals surface area contributed by atoms with Crippen LogP contribution in [0.15, 0.2) is 11.6 Å². The molecule has 10 heteroatoms. The third-order valence-electron chi connectivity index (χ3n) is 3.05. The van der Waals surface area contributed by atoms with Crippen molar-refractivity contribution in [3.05, 3.63) is 11.6 Å². The van der Waals surface area contributed by atoms with E-state index < -0.39 is 36.3 Å². The first-order chi connectivity index (χ1) is 8.82. The number of amides is 3. The quantitative estimate of drug-likeness (QED) is 0.408. The van der Waals surface area contributed by atoms with Gasteiger partial charge in [-0.25, -0.2) is 14.0 Å². The standard InChI is InChI=1S/C10H12FN3O5.Li/c1-4-2-5(8(12)15)13-3-6(4)14(10(13)18)19-7(11)9(16)17;/h2,5-7H,3H2,1H3,(H2,12,15)(H,16,17);/q;+1/p-1/t5-,6-,7+;/m0./s1. The molecule has 104 valence electrons. The Kier molecular flexibility index (Phi) is 4.80. The van der Waals surface area contributed by atoms with Crippen molar-refractivity contribution >= 4 is 17.9 Å². The van der Waals surface area contributed by atoms with E-state index in [0.717, 1.165) is 4.90 Å². The number of halogens is 1. The number of aliphatic carboxylic acids is 1. The Bertz CT molecular complexity index is 486. The van der Waals surface area contributed by atoms with Crippen molar-refractivity contribution in [2.45, 2.75) is 25.4 Å². The molecule has 0 radical (unpaired) electrons. The molecule has 0 saturated carbocycles. The van der Waals surface area contributed by atoms with Crippen molar-refractivity contribution in [3.8, 4) is 0 Å². The Labute approximate surface area is 125 Å². The van der Waals surface area contributed by atoms with Crippen LogP contribution in [0.1, 0.15) is 6.92 Å². The van der Waals surface area contributed by atoms with E-state index in [2.05, 4.69) is 4.84 Å². The number of carboxylic acids is 1. The van der Waals surface area contributed by atoms with E-state index in [9.17, 15) is 23.9 Å². The average molecular weight is 279 g/mol. The fraction of sp³-hybridized carbons (Fsp3) is 0.500. The van der Waals surface area contributed by atoms with E-state index in [0.29, 0.717) is 10.6 Å². The average Bonchev–Trinajstić information content (AvgIpc) is 2.60. The van der Waals surface area contributed by atoms with Gasteiger partial charge < -0.3 is 20.5 Å². The SMILES string of the molecule is CC1=C[C@@H](C(N)=O)N2C[C@@H]1N(O[C@@H](F)C(=O)[O-])C2=O.[Li+]. The minimum atomic E-state index is -2.76. The zero-order valence-electron chi connectivity index (χ0n) is 10.9. The number of hydrogen-bond acceptors (Lipinski definition) is 5. The molecule has 2 N–H and O–H groups in total. The number of nitrogens with two attached hydrogens (primary N) is 1. The van der Waals surface area contributed by atoms with Gasteiger partial charge in [-0.05, 0) is 12.5 Å². The number of hydrogen-bond donors (Lipinski definition) is 1. The Morgan fingerprint density at radius 1 is 1.60 bits per heavy atom. The summed E-state index contributed by atoms with van der Waals surface area (Å²) in [6.07, 6.45) is -1.30. The van der Waals surface area contributed by atoms with Gasteiger partial charge in [0.2, 0.25) is 5.91 Å². The molecule has 2 rings (SSSR count). The number of carboxylic acid groups (broad SMARTS) is 1. The molecule has 3 amide bonds. The number of alkyl halides is 1. The van der Waals surface area contributed by atoms with Crippen LogP contribution in [0.4, 0.5) is 9.18 Å². The number of rotatable bonds is 4. The van der Waals surface area contributed by atoms with Gasteiger partial charge in [0.15, 0.2) is 0 Å². The third kappa shape index (κ3) is 2.65. The van der Waals surface area contributed by atoms with Crippen molar-refractivity contribution < 1.29 is 47.6 Å². The van der Waals surface area contributed by atoms with Crippen molar-refractivity contribution in [1.82, 2.24) is 9.96 Å². The number of urea groups is 1. The van der Waals surface area contributed by atoms with Crippen LogP contribution in [0.3, 0.4) is 0 Å². The molecule has 0 aromatic rings. The predicted octanol–water partition coefficient (Wildman–Crippen LogP) is -5.11. The Balaban J connectivity index is 0.00000200. The molecule has 2 heterocycles. The van der Waals surface area contributed by atoms with Crippen LogP contribution in [0.2, 0.25) is 0 Å². The maximum Gasteiger partial charge on any atom is 1.00 e. The second-order valence-electron chi connectivity index (χ2n) is 4.27. The summed E-state index contributed by atoms with van der Waals surface area (Å²) >= 11 is 0. The maximum atomic E-state index is 13.0. The van der Waals surface area contributed by atoms with E-state index in [1.165, 1.54) is 6.08 Å². The number of fused-ring (bicyclic) bond motifs is 2. The molecule has 0 aromatic heterocycles. The van der Waals surface area contributed by atoms with Crippen LogP contribution in [0.25, 0.3) is 0 Å². The minimum Gasteiger partial charge on any atom is -0.544 e. The first-order valence-corrected chi connectivity index (χ1v) is 5.42. The van der Waals surface area contributed by atoms with Crippen molar-refractivity contribution in [3.63, 3.8) is 0 Å². The normalized spacial score (nSPS) is 25.9. The number of carbonyl (C=O) groups excluding carboxylic acids is 3. The second-order valence-corrected chi connectivity index (χ2v) is 4.27. The fourth-order valence-electron chi connectivity index (χ4n) is 2.11. The summed E-state index contributed by atoms with van der Waals surface area (Å²) in [5.41, 5.74) is 5.72. The molecule has 2 aliphatic rings. The number of carbonyl (C=O) groups is 3. The smallest absolute Gasteiger partial charge is 0.544 e. The van der Waals surface area contributed by atoms with Gasteiger partial charge in [-0.3, -0.25) is 4.79 Å². The monoisotopic (exact) mass is 279 g/mol. The van der Waals surface area contributed by atoms with E-state index in [-0.39, 0.29) is 25.4 Å². The first-order valence-electron chi connectivity index (χ1n) is 5.42.